The van der Waals surface area contributed by atoms with Gasteiger partial charge in [0.25, 0.3) is 5.91 Å². The minimum Gasteiger partial charge on any atom is -0.490 e. The van der Waals surface area contributed by atoms with Gasteiger partial charge >= 0.3 is 0 Å². The van der Waals surface area contributed by atoms with Crippen LogP contribution in [0, 0.1) is 0 Å². The highest BCUT2D eigenvalue weighted by atomic mass is 32.2. The fraction of sp³-hybridized carbons (Fsp3) is 0.174. The number of rotatable bonds is 6. The molecule has 35 heavy (non-hydrogen) atoms. The molecule has 0 bridgehead atoms. The van der Waals surface area contributed by atoms with Gasteiger partial charge in [-0.1, -0.05) is 6.07 Å². The molecule has 1 amide bonds. The van der Waals surface area contributed by atoms with Crippen molar-refractivity contribution in [1.82, 2.24) is 24.8 Å². The second-order valence-electron chi connectivity index (χ2n) is 8.50. The number of benzene rings is 1. The number of imidazole rings is 1. The van der Waals surface area contributed by atoms with Crippen LogP contribution in [0.5, 0.6) is 5.75 Å². The summed E-state index contributed by atoms with van der Waals surface area (Å²) in [5.74, 6) is 0.874. The number of ether oxygens (including phenoxy) is 1. The summed E-state index contributed by atoms with van der Waals surface area (Å²) in [6.07, 6.45) is 4.87. The molecule has 0 saturated heterocycles. The second-order valence-corrected chi connectivity index (χ2v) is 9.38. The van der Waals surface area contributed by atoms with Crippen molar-refractivity contribution < 1.29 is 13.7 Å². The first-order chi connectivity index (χ1) is 16.8. The highest BCUT2D eigenvalue weighted by Crippen LogP contribution is 2.30. The van der Waals surface area contributed by atoms with Crippen LogP contribution in [-0.4, -0.2) is 47.6 Å². The minimum atomic E-state index is -1.63. The van der Waals surface area contributed by atoms with Crippen LogP contribution in [0.15, 0.2) is 65.6 Å². The Balaban J connectivity index is 1.31. The molecule has 12 heteroatoms. The third kappa shape index (κ3) is 4.55. The number of nitrogens with one attached hydrogen (secondary N) is 2. The van der Waals surface area contributed by atoms with Gasteiger partial charge in [-0.3, -0.25) is 14.1 Å². The van der Waals surface area contributed by atoms with Gasteiger partial charge in [0.15, 0.2) is 5.65 Å². The molecular formula is C23H22N8O3S. The lowest BCUT2D eigenvalue weighted by Gasteiger charge is -2.27. The fourth-order valence-electron chi connectivity index (χ4n) is 3.65. The number of aromatic nitrogens is 4. The molecule has 4 heterocycles. The van der Waals surface area contributed by atoms with E-state index in [1.165, 1.54) is 0 Å². The molecule has 0 radical (unpaired) electrons. The molecule has 11 nitrogen and oxygen atoms in total. The number of hydrogen-bond donors (Lipinski definition) is 3. The number of carbonyl (C=O) groups excluding carboxylic acids is 1. The van der Waals surface area contributed by atoms with E-state index in [1.807, 2.05) is 26.0 Å². The zero-order chi connectivity index (χ0) is 24.6. The summed E-state index contributed by atoms with van der Waals surface area (Å²) in [4.78, 5) is 25.9. The average Bonchev–Trinajstić information content (AvgIpc) is 3.26. The van der Waals surface area contributed by atoms with E-state index < -0.39 is 16.7 Å². The Morgan fingerprint density at radius 1 is 1.17 bits per heavy atom. The first-order valence-corrected chi connectivity index (χ1v) is 11.8. The molecular weight excluding hydrogens is 468 g/mol. The predicted octanol–water partition coefficient (Wildman–Crippen LogP) is 2.11. The summed E-state index contributed by atoms with van der Waals surface area (Å²) in [5.41, 5.74) is 8.18. The Hall–Kier alpha value is -4.32. The van der Waals surface area contributed by atoms with Crippen molar-refractivity contribution >= 4 is 39.8 Å². The normalized spacial score (nSPS) is 15.1. The molecule has 1 aromatic carbocycles. The van der Waals surface area contributed by atoms with Gasteiger partial charge in [-0.2, -0.15) is 4.40 Å². The summed E-state index contributed by atoms with van der Waals surface area (Å²) < 4.78 is 26.1. The number of anilines is 1. The molecule has 4 N–H and O–H groups in total. The zero-order valence-corrected chi connectivity index (χ0v) is 19.7. The van der Waals surface area contributed by atoms with E-state index in [4.69, 9.17) is 10.5 Å². The molecule has 1 atom stereocenters. The summed E-state index contributed by atoms with van der Waals surface area (Å²) in [7, 11) is 0. The standard InChI is InChI=1S/C23H22N8O3S/c1-23(2,12-34-17-7-3-5-15-19(17)20(24)30-35(33)29-15)28-22(32)14-8-10-25-18(11-14)31-13-27-21-16(31)6-4-9-26-21/h3-11,13,29H,12H2,1-2H3,(H2,24,30)(H,28,32). The van der Waals surface area contributed by atoms with Crippen molar-refractivity contribution in [2.75, 3.05) is 11.3 Å². The van der Waals surface area contributed by atoms with Crippen molar-refractivity contribution in [2.24, 2.45) is 10.1 Å². The van der Waals surface area contributed by atoms with Crippen LogP contribution in [0.3, 0.4) is 0 Å². The van der Waals surface area contributed by atoms with Crippen LogP contribution >= 0.6 is 0 Å². The number of hydrogen-bond acceptors (Lipinski definition) is 7. The maximum absolute atomic E-state index is 13.1. The molecule has 1 unspecified atom stereocenters. The molecule has 5 rings (SSSR count). The highest BCUT2D eigenvalue weighted by Gasteiger charge is 2.25. The Labute approximate surface area is 203 Å². The number of fused-ring (bicyclic) bond motifs is 2. The predicted molar refractivity (Wildman–Crippen MR) is 133 cm³/mol. The molecule has 1 aliphatic rings. The van der Waals surface area contributed by atoms with Crippen LogP contribution in [0.4, 0.5) is 5.69 Å². The van der Waals surface area contributed by atoms with Gasteiger partial charge in [0.2, 0.25) is 11.2 Å². The lowest BCUT2D eigenvalue weighted by Crippen LogP contribution is -2.48. The van der Waals surface area contributed by atoms with E-state index in [9.17, 15) is 9.00 Å². The topological polar surface area (TPSA) is 149 Å². The summed E-state index contributed by atoms with van der Waals surface area (Å²) in [6, 6.07) is 12.3. The molecule has 3 aromatic heterocycles. The van der Waals surface area contributed by atoms with Gasteiger partial charge in [-0.05, 0) is 50.2 Å². The number of nitrogens with zero attached hydrogens (tertiary/aromatic N) is 5. The Morgan fingerprint density at radius 3 is 2.89 bits per heavy atom. The molecule has 0 fully saturated rings. The van der Waals surface area contributed by atoms with E-state index in [1.54, 1.807) is 53.6 Å². The van der Waals surface area contributed by atoms with Crippen LogP contribution in [0.1, 0.15) is 29.8 Å². The van der Waals surface area contributed by atoms with Crippen molar-refractivity contribution in [1.29, 1.82) is 0 Å². The van der Waals surface area contributed by atoms with Crippen molar-refractivity contribution in [2.45, 2.75) is 19.4 Å². The summed E-state index contributed by atoms with van der Waals surface area (Å²) in [5, 5.41) is 3.00. The first-order valence-electron chi connectivity index (χ1n) is 10.7. The molecule has 0 aliphatic carbocycles. The Kier molecular flexibility index (Phi) is 5.65. The van der Waals surface area contributed by atoms with Gasteiger partial charge in [0.05, 0.1) is 22.3 Å². The van der Waals surface area contributed by atoms with Crippen molar-refractivity contribution in [3.8, 4) is 11.6 Å². The molecule has 1 aliphatic heterocycles. The molecule has 0 spiro atoms. The van der Waals surface area contributed by atoms with Crippen LogP contribution in [0.25, 0.3) is 17.0 Å². The molecule has 4 aromatic rings. The van der Waals surface area contributed by atoms with E-state index in [0.717, 1.165) is 5.52 Å². The average molecular weight is 491 g/mol. The van der Waals surface area contributed by atoms with Crippen LogP contribution in [-0.2, 0) is 11.2 Å². The van der Waals surface area contributed by atoms with E-state index >= 15 is 0 Å². The number of carbonyl (C=O) groups is 1. The van der Waals surface area contributed by atoms with Gasteiger partial charge in [0.1, 0.15) is 30.3 Å². The maximum atomic E-state index is 13.1. The third-order valence-electron chi connectivity index (χ3n) is 5.28. The second kappa shape index (κ2) is 8.80. The van der Waals surface area contributed by atoms with Gasteiger partial charge in [-0.15, -0.1) is 0 Å². The zero-order valence-electron chi connectivity index (χ0n) is 18.9. The number of pyridine rings is 2. The lowest BCUT2D eigenvalue weighted by molar-refractivity contribution is 0.0880. The van der Waals surface area contributed by atoms with Gasteiger partial charge in [-0.25, -0.2) is 19.2 Å². The largest absolute Gasteiger partial charge is 0.490 e. The number of amidine groups is 1. The van der Waals surface area contributed by atoms with E-state index in [0.29, 0.717) is 34.0 Å². The SMILES string of the molecule is CC(C)(COc1cccc2c1C(N)=NS(=O)N2)NC(=O)c1ccnc(-n2cnc3ncccc32)c1. The Morgan fingerprint density at radius 2 is 2.03 bits per heavy atom. The quantitative estimate of drug-likeness (QED) is 0.375. The lowest BCUT2D eigenvalue weighted by atomic mass is 10.1. The molecule has 178 valence electrons. The third-order valence-corrected chi connectivity index (χ3v) is 6.03. The minimum absolute atomic E-state index is 0.126. The highest BCUT2D eigenvalue weighted by molar-refractivity contribution is 7.85. The fourth-order valence-corrected chi connectivity index (χ4v) is 4.32. The monoisotopic (exact) mass is 490 g/mol. The number of amides is 1. The van der Waals surface area contributed by atoms with E-state index in [2.05, 4.69) is 29.4 Å². The summed E-state index contributed by atoms with van der Waals surface area (Å²) in [6.45, 7) is 3.85. The van der Waals surface area contributed by atoms with Crippen molar-refractivity contribution in [3.05, 3.63) is 72.3 Å². The van der Waals surface area contributed by atoms with Crippen LogP contribution < -0.4 is 20.5 Å². The first kappa shape index (κ1) is 22.5. The molecule has 0 saturated carbocycles. The summed E-state index contributed by atoms with van der Waals surface area (Å²) >= 11 is -1.63. The van der Waals surface area contributed by atoms with E-state index in [-0.39, 0.29) is 18.3 Å². The number of nitrogens with two attached hydrogens (primary N) is 1. The smallest absolute Gasteiger partial charge is 0.252 e. The van der Waals surface area contributed by atoms with Gasteiger partial charge < -0.3 is 15.8 Å². The van der Waals surface area contributed by atoms with Crippen LogP contribution in [0.2, 0.25) is 0 Å². The van der Waals surface area contributed by atoms with Crippen molar-refractivity contribution in [3.63, 3.8) is 0 Å². The maximum Gasteiger partial charge on any atom is 0.252 e. The van der Waals surface area contributed by atoms with Gasteiger partial charge in [0, 0.05) is 18.0 Å². The Bertz CT molecular complexity index is 1500.